The van der Waals surface area contributed by atoms with Gasteiger partial charge in [0.1, 0.15) is 11.5 Å². The molecule has 0 aliphatic rings. The second-order valence-corrected chi connectivity index (χ2v) is 6.09. The van der Waals surface area contributed by atoms with Crippen molar-refractivity contribution in [2.24, 2.45) is 0 Å². The Kier molecular flexibility index (Phi) is 5.74. The van der Waals surface area contributed by atoms with E-state index in [1.54, 1.807) is 7.11 Å². The Morgan fingerprint density at radius 1 is 0.962 bits per heavy atom. The van der Waals surface area contributed by atoms with Gasteiger partial charge >= 0.3 is 0 Å². The predicted molar refractivity (Wildman–Crippen MR) is 103 cm³/mol. The summed E-state index contributed by atoms with van der Waals surface area (Å²) in [4.78, 5) is 12.5. The normalized spacial score (nSPS) is 11.8. The van der Waals surface area contributed by atoms with Gasteiger partial charge in [0.2, 0.25) is 0 Å². The number of benzene rings is 3. The van der Waals surface area contributed by atoms with Crippen molar-refractivity contribution >= 4 is 16.7 Å². The molecule has 1 atom stereocenters. The Bertz CT molecular complexity index is 874. The number of ether oxygens (including phenoxy) is 2. The summed E-state index contributed by atoms with van der Waals surface area (Å²) in [5, 5.41) is 5.19. The SMILES string of the molecule is CCC(Oc1ccc2ccccc2c1)C(=O)NCc1ccc(OC)cc1. The minimum atomic E-state index is -0.519. The van der Waals surface area contributed by atoms with Crippen molar-refractivity contribution in [1.29, 1.82) is 0 Å². The van der Waals surface area contributed by atoms with E-state index in [1.165, 1.54) is 0 Å². The predicted octanol–water partition coefficient (Wildman–Crippen LogP) is 4.32. The molecule has 0 heterocycles. The second-order valence-electron chi connectivity index (χ2n) is 6.09. The van der Waals surface area contributed by atoms with Crippen LogP contribution in [-0.4, -0.2) is 19.1 Å². The van der Waals surface area contributed by atoms with E-state index in [1.807, 2.05) is 67.6 Å². The Labute approximate surface area is 153 Å². The van der Waals surface area contributed by atoms with Crippen LogP contribution >= 0.6 is 0 Å². The zero-order valence-corrected chi connectivity index (χ0v) is 15.1. The molecule has 1 amide bonds. The number of amides is 1. The summed E-state index contributed by atoms with van der Waals surface area (Å²) < 4.78 is 11.1. The van der Waals surface area contributed by atoms with E-state index in [0.717, 1.165) is 22.1 Å². The first-order valence-corrected chi connectivity index (χ1v) is 8.75. The maximum Gasteiger partial charge on any atom is 0.261 e. The number of rotatable bonds is 7. The number of hydrogen-bond donors (Lipinski definition) is 1. The standard InChI is InChI=1S/C22H23NO3/c1-3-21(22(24)23-15-16-8-11-19(25-2)12-9-16)26-20-13-10-17-6-4-5-7-18(17)14-20/h4-14,21H,3,15H2,1-2H3,(H,23,24). The minimum Gasteiger partial charge on any atom is -0.497 e. The van der Waals surface area contributed by atoms with Crippen LogP contribution in [0.2, 0.25) is 0 Å². The first-order chi connectivity index (χ1) is 12.7. The summed E-state index contributed by atoms with van der Waals surface area (Å²) in [6.07, 6.45) is 0.0794. The van der Waals surface area contributed by atoms with Gasteiger partial charge in [-0.3, -0.25) is 4.79 Å². The van der Waals surface area contributed by atoms with Gasteiger partial charge in [-0.1, -0.05) is 49.4 Å². The molecule has 1 N–H and O–H groups in total. The highest BCUT2D eigenvalue weighted by atomic mass is 16.5. The molecular weight excluding hydrogens is 326 g/mol. The first kappa shape index (κ1) is 17.8. The van der Waals surface area contributed by atoms with E-state index in [0.29, 0.717) is 18.7 Å². The third-order valence-corrected chi connectivity index (χ3v) is 4.29. The summed E-state index contributed by atoms with van der Waals surface area (Å²) in [6, 6.07) is 21.6. The van der Waals surface area contributed by atoms with Gasteiger partial charge < -0.3 is 14.8 Å². The van der Waals surface area contributed by atoms with Crippen LogP contribution in [0.25, 0.3) is 10.8 Å². The number of hydrogen-bond acceptors (Lipinski definition) is 3. The summed E-state index contributed by atoms with van der Waals surface area (Å²) in [7, 11) is 1.63. The van der Waals surface area contributed by atoms with Gasteiger partial charge in [0.15, 0.2) is 6.10 Å². The van der Waals surface area contributed by atoms with Crippen LogP contribution in [0.4, 0.5) is 0 Å². The van der Waals surface area contributed by atoms with E-state index in [-0.39, 0.29) is 5.91 Å². The third-order valence-electron chi connectivity index (χ3n) is 4.29. The van der Waals surface area contributed by atoms with Crippen LogP contribution in [0.15, 0.2) is 66.7 Å². The molecule has 3 rings (SSSR count). The van der Waals surface area contributed by atoms with Crippen LogP contribution in [0.5, 0.6) is 11.5 Å². The number of carbonyl (C=O) groups is 1. The lowest BCUT2D eigenvalue weighted by atomic mass is 10.1. The molecule has 4 nitrogen and oxygen atoms in total. The van der Waals surface area contributed by atoms with Gasteiger partial charge in [-0.15, -0.1) is 0 Å². The quantitative estimate of drug-likeness (QED) is 0.691. The van der Waals surface area contributed by atoms with Gasteiger partial charge in [-0.25, -0.2) is 0 Å². The molecule has 4 heteroatoms. The van der Waals surface area contributed by atoms with Crippen LogP contribution in [-0.2, 0) is 11.3 Å². The van der Waals surface area contributed by atoms with E-state index in [9.17, 15) is 4.79 Å². The zero-order valence-electron chi connectivity index (χ0n) is 15.1. The average molecular weight is 349 g/mol. The third kappa shape index (κ3) is 4.33. The number of carbonyl (C=O) groups excluding carboxylic acids is 1. The van der Waals surface area contributed by atoms with Crippen molar-refractivity contribution in [3.63, 3.8) is 0 Å². The maximum atomic E-state index is 12.5. The Morgan fingerprint density at radius 3 is 2.35 bits per heavy atom. The average Bonchev–Trinajstić information content (AvgIpc) is 2.70. The molecule has 0 fully saturated rings. The molecule has 26 heavy (non-hydrogen) atoms. The second kappa shape index (κ2) is 8.39. The van der Waals surface area contributed by atoms with Gasteiger partial charge in [-0.2, -0.15) is 0 Å². The number of nitrogens with one attached hydrogen (secondary N) is 1. The molecule has 0 aromatic heterocycles. The van der Waals surface area contributed by atoms with Crippen molar-refractivity contribution in [2.75, 3.05) is 7.11 Å². The van der Waals surface area contributed by atoms with Gasteiger partial charge in [-0.05, 0) is 47.0 Å². The lowest BCUT2D eigenvalue weighted by molar-refractivity contribution is -0.128. The molecule has 3 aromatic carbocycles. The van der Waals surface area contributed by atoms with Gasteiger partial charge in [0.05, 0.1) is 7.11 Å². The Morgan fingerprint density at radius 2 is 1.65 bits per heavy atom. The molecule has 0 aliphatic carbocycles. The van der Waals surface area contributed by atoms with E-state index in [2.05, 4.69) is 11.4 Å². The van der Waals surface area contributed by atoms with Crippen LogP contribution < -0.4 is 14.8 Å². The van der Waals surface area contributed by atoms with E-state index >= 15 is 0 Å². The van der Waals surface area contributed by atoms with Crippen molar-refractivity contribution in [3.8, 4) is 11.5 Å². The summed E-state index contributed by atoms with van der Waals surface area (Å²) in [5.41, 5.74) is 1.01. The lowest BCUT2D eigenvalue weighted by Crippen LogP contribution is -2.37. The largest absolute Gasteiger partial charge is 0.497 e. The molecule has 0 aliphatic heterocycles. The molecule has 1 unspecified atom stereocenters. The van der Waals surface area contributed by atoms with Crippen molar-refractivity contribution in [2.45, 2.75) is 26.0 Å². The Hall–Kier alpha value is -3.01. The molecule has 0 spiro atoms. The fourth-order valence-corrected chi connectivity index (χ4v) is 2.77. The van der Waals surface area contributed by atoms with E-state index in [4.69, 9.17) is 9.47 Å². The molecule has 0 radical (unpaired) electrons. The van der Waals surface area contributed by atoms with Crippen molar-refractivity contribution < 1.29 is 14.3 Å². The smallest absolute Gasteiger partial charge is 0.261 e. The first-order valence-electron chi connectivity index (χ1n) is 8.75. The fraction of sp³-hybridized carbons (Fsp3) is 0.227. The highest BCUT2D eigenvalue weighted by Crippen LogP contribution is 2.22. The summed E-state index contributed by atoms with van der Waals surface area (Å²) >= 11 is 0. The van der Waals surface area contributed by atoms with Gasteiger partial charge in [0, 0.05) is 6.54 Å². The lowest BCUT2D eigenvalue weighted by Gasteiger charge is -2.18. The van der Waals surface area contributed by atoms with Crippen molar-refractivity contribution in [1.82, 2.24) is 5.32 Å². The maximum absolute atomic E-state index is 12.5. The van der Waals surface area contributed by atoms with Crippen molar-refractivity contribution in [3.05, 3.63) is 72.3 Å². The zero-order chi connectivity index (χ0) is 18.4. The topological polar surface area (TPSA) is 47.6 Å². The fourth-order valence-electron chi connectivity index (χ4n) is 2.77. The molecule has 0 saturated carbocycles. The van der Waals surface area contributed by atoms with Gasteiger partial charge in [0.25, 0.3) is 5.91 Å². The number of fused-ring (bicyclic) bond motifs is 1. The molecular formula is C22H23NO3. The summed E-state index contributed by atoms with van der Waals surface area (Å²) in [5.74, 6) is 1.39. The summed E-state index contributed by atoms with van der Waals surface area (Å²) in [6.45, 7) is 2.40. The van der Waals surface area contributed by atoms with E-state index < -0.39 is 6.10 Å². The highest BCUT2D eigenvalue weighted by Gasteiger charge is 2.18. The minimum absolute atomic E-state index is 0.114. The molecule has 0 saturated heterocycles. The highest BCUT2D eigenvalue weighted by molar-refractivity contribution is 5.84. The van der Waals surface area contributed by atoms with Crippen LogP contribution in [0, 0.1) is 0 Å². The van der Waals surface area contributed by atoms with Crippen LogP contribution in [0.1, 0.15) is 18.9 Å². The molecule has 134 valence electrons. The number of methoxy groups -OCH3 is 1. The van der Waals surface area contributed by atoms with Crippen LogP contribution in [0.3, 0.4) is 0 Å². The Balaban J connectivity index is 1.62. The molecule has 0 bridgehead atoms. The molecule has 3 aromatic rings. The monoisotopic (exact) mass is 349 g/mol.